The summed E-state index contributed by atoms with van der Waals surface area (Å²) in [6.45, 7) is 1.54. The molecular formula is C24H26ClN5O3. The highest BCUT2D eigenvalue weighted by atomic mass is 35.5. The van der Waals surface area contributed by atoms with Gasteiger partial charge >= 0.3 is 6.01 Å². The summed E-state index contributed by atoms with van der Waals surface area (Å²) in [6.07, 6.45) is 0.877. The maximum atomic E-state index is 5.94. The number of halogens is 1. The van der Waals surface area contributed by atoms with Gasteiger partial charge in [0.2, 0.25) is 0 Å². The van der Waals surface area contributed by atoms with E-state index in [1.54, 1.807) is 18.9 Å². The molecule has 0 saturated heterocycles. The highest BCUT2D eigenvalue weighted by molar-refractivity contribution is 5.85. The lowest BCUT2D eigenvalue weighted by Crippen LogP contribution is -2.16. The average molecular weight is 468 g/mol. The summed E-state index contributed by atoms with van der Waals surface area (Å²) in [5.74, 6) is 2.16. The molecule has 0 spiro atoms. The van der Waals surface area contributed by atoms with Gasteiger partial charge in [-0.2, -0.15) is 4.68 Å². The highest BCUT2D eigenvalue weighted by Gasteiger charge is 2.11. The van der Waals surface area contributed by atoms with E-state index in [0.717, 1.165) is 35.7 Å². The van der Waals surface area contributed by atoms with E-state index in [2.05, 4.69) is 33.0 Å². The van der Waals surface area contributed by atoms with Crippen molar-refractivity contribution >= 4 is 12.4 Å². The summed E-state index contributed by atoms with van der Waals surface area (Å²) in [5, 5.41) is 15.2. The fraction of sp³-hybridized carbons (Fsp3) is 0.208. The third-order valence-corrected chi connectivity index (χ3v) is 4.92. The molecule has 0 radical (unpaired) electrons. The van der Waals surface area contributed by atoms with Crippen LogP contribution >= 0.6 is 12.4 Å². The van der Waals surface area contributed by atoms with E-state index < -0.39 is 0 Å². The predicted molar refractivity (Wildman–Crippen MR) is 128 cm³/mol. The van der Waals surface area contributed by atoms with Crippen molar-refractivity contribution in [3.05, 3.63) is 83.9 Å². The van der Waals surface area contributed by atoms with Crippen molar-refractivity contribution in [1.29, 1.82) is 0 Å². The van der Waals surface area contributed by atoms with E-state index >= 15 is 0 Å². The quantitative estimate of drug-likeness (QED) is 0.349. The summed E-state index contributed by atoms with van der Waals surface area (Å²) < 4.78 is 18.2. The first-order valence-corrected chi connectivity index (χ1v) is 10.3. The molecule has 0 unspecified atom stereocenters. The lowest BCUT2D eigenvalue weighted by molar-refractivity contribution is 0.354. The largest absolute Gasteiger partial charge is 0.493 e. The van der Waals surface area contributed by atoms with Crippen LogP contribution in [0.25, 0.3) is 5.69 Å². The Hall–Kier alpha value is -3.62. The molecule has 33 heavy (non-hydrogen) atoms. The topological polar surface area (TPSA) is 83.3 Å². The van der Waals surface area contributed by atoms with Crippen molar-refractivity contribution in [3.8, 4) is 28.9 Å². The van der Waals surface area contributed by atoms with Crippen molar-refractivity contribution in [3.63, 3.8) is 0 Å². The van der Waals surface area contributed by atoms with Crippen molar-refractivity contribution in [2.24, 2.45) is 0 Å². The number of rotatable bonds is 10. The third-order valence-electron chi connectivity index (χ3n) is 4.92. The Labute approximate surface area is 198 Å². The lowest BCUT2D eigenvalue weighted by Gasteiger charge is -2.11. The van der Waals surface area contributed by atoms with E-state index in [1.165, 1.54) is 5.56 Å². The number of hydrogen-bond donors (Lipinski definition) is 1. The predicted octanol–water partition coefficient (Wildman–Crippen LogP) is 4.23. The van der Waals surface area contributed by atoms with Gasteiger partial charge in [-0.25, -0.2) is 0 Å². The molecule has 0 saturated carbocycles. The van der Waals surface area contributed by atoms with E-state index in [4.69, 9.17) is 14.2 Å². The van der Waals surface area contributed by atoms with Crippen molar-refractivity contribution in [2.75, 3.05) is 20.8 Å². The smallest absolute Gasteiger partial charge is 0.345 e. The van der Waals surface area contributed by atoms with Gasteiger partial charge in [0.15, 0.2) is 11.5 Å². The zero-order valence-corrected chi connectivity index (χ0v) is 19.3. The van der Waals surface area contributed by atoms with Crippen LogP contribution in [0.1, 0.15) is 11.1 Å². The van der Waals surface area contributed by atoms with Crippen LogP contribution in [0, 0.1) is 0 Å². The first-order valence-electron chi connectivity index (χ1n) is 10.3. The van der Waals surface area contributed by atoms with Crippen molar-refractivity contribution in [1.82, 2.24) is 25.5 Å². The summed E-state index contributed by atoms with van der Waals surface area (Å²) >= 11 is 0. The van der Waals surface area contributed by atoms with Crippen LogP contribution in [-0.4, -0.2) is 41.0 Å². The molecule has 9 heteroatoms. The molecule has 0 aliphatic rings. The number of nitrogens with zero attached hydrogens (tertiary/aromatic N) is 4. The summed E-state index contributed by atoms with van der Waals surface area (Å²) in [5.41, 5.74) is 3.12. The molecule has 3 aromatic carbocycles. The van der Waals surface area contributed by atoms with Gasteiger partial charge in [-0.3, -0.25) is 0 Å². The second kappa shape index (κ2) is 11.8. The van der Waals surface area contributed by atoms with Gasteiger partial charge in [0, 0.05) is 6.54 Å². The number of benzene rings is 3. The maximum Gasteiger partial charge on any atom is 0.345 e. The SMILES string of the molecule is COc1ccc(CCNCc2cccc(Oc3nnnn3-c3ccccc3)c2)cc1OC.Cl. The number of methoxy groups -OCH3 is 2. The Morgan fingerprint density at radius 2 is 1.67 bits per heavy atom. The summed E-state index contributed by atoms with van der Waals surface area (Å²) in [7, 11) is 3.28. The number of para-hydroxylation sites is 1. The van der Waals surface area contributed by atoms with Crippen LogP contribution in [0.3, 0.4) is 0 Å². The molecule has 1 heterocycles. The van der Waals surface area contributed by atoms with E-state index in [0.29, 0.717) is 18.3 Å². The van der Waals surface area contributed by atoms with Crippen LogP contribution in [0.2, 0.25) is 0 Å². The minimum absolute atomic E-state index is 0. The van der Waals surface area contributed by atoms with Gasteiger partial charge in [0.1, 0.15) is 5.75 Å². The minimum Gasteiger partial charge on any atom is -0.493 e. The van der Waals surface area contributed by atoms with Gasteiger partial charge in [-0.1, -0.05) is 41.5 Å². The molecule has 0 amide bonds. The Bertz CT molecular complexity index is 1150. The number of aromatic nitrogens is 4. The minimum atomic E-state index is 0. The Morgan fingerprint density at radius 3 is 2.45 bits per heavy atom. The Balaban J connectivity index is 0.00000306. The van der Waals surface area contributed by atoms with Gasteiger partial charge < -0.3 is 19.5 Å². The maximum absolute atomic E-state index is 5.94. The van der Waals surface area contributed by atoms with Crippen molar-refractivity contribution < 1.29 is 14.2 Å². The zero-order valence-electron chi connectivity index (χ0n) is 18.5. The van der Waals surface area contributed by atoms with Crippen LogP contribution in [0.15, 0.2) is 72.8 Å². The van der Waals surface area contributed by atoms with Crippen LogP contribution < -0.4 is 19.5 Å². The Kier molecular flexibility index (Phi) is 8.63. The molecule has 0 atom stereocenters. The normalized spacial score (nSPS) is 10.4. The van der Waals surface area contributed by atoms with Gasteiger partial charge in [-0.05, 0) is 70.9 Å². The standard InChI is InChI=1S/C24H25N5O3.ClH/c1-30-22-12-11-18(16-23(22)31-2)13-14-25-17-19-7-6-10-21(15-19)32-24-26-27-28-29(24)20-8-4-3-5-9-20;/h3-12,15-16,25H,13-14,17H2,1-2H3;1H. The lowest BCUT2D eigenvalue weighted by atomic mass is 10.1. The molecule has 1 N–H and O–H groups in total. The molecule has 0 aliphatic heterocycles. The first kappa shape index (κ1) is 24.0. The first-order chi connectivity index (χ1) is 15.8. The average Bonchev–Trinajstić information content (AvgIpc) is 3.30. The summed E-state index contributed by atoms with van der Waals surface area (Å²) in [4.78, 5) is 0. The highest BCUT2D eigenvalue weighted by Crippen LogP contribution is 2.27. The second-order valence-electron chi connectivity index (χ2n) is 7.07. The van der Waals surface area contributed by atoms with Crippen LogP contribution in [0.4, 0.5) is 0 Å². The fourth-order valence-electron chi connectivity index (χ4n) is 3.30. The van der Waals surface area contributed by atoms with Gasteiger partial charge in [0.05, 0.1) is 19.9 Å². The molecular weight excluding hydrogens is 442 g/mol. The van der Waals surface area contributed by atoms with Crippen molar-refractivity contribution in [2.45, 2.75) is 13.0 Å². The number of hydrogen-bond acceptors (Lipinski definition) is 7. The monoisotopic (exact) mass is 467 g/mol. The van der Waals surface area contributed by atoms with E-state index in [-0.39, 0.29) is 12.4 Å². The van der Waals surface area contributed by atoms with E-state index in [1.807, 2.05) is 60.7 Å². The molecule has 0 fully saturated rings. The summed E-state index contributed by atoms with van der Waals surface area (Å²) in [6, 6.07) is 23.8. The molecule has 4 aromatic rings. The van der Waals surface area contributed by atoms with Crippen LogP contribution in [-0.2, 0) is 13.0 Å². The van der Waals surface area contributed by atoms with Gasteiger partial charge in [0.25, 0.3) is 0 Å². The molecule has 172 valence electrons. The Morgan fingerprint density at radius 1 is 0.848 bits per heavy atom. The van der Waals surface area contributed by atoms with Gasteiger partial charge in [-0.15, -0.1) is 12.4 Å². The number of tetrazole rings is 1. The molecule has 0 aliphatic carbocycles. The molecule has 8 nitrogen and oxygen atoms in total. The number of ether oxygens (including phenoxy) is 3. The fourth-order valence-corrected chi connectivity index (χ4v) is 3.30. The van der Waals surface area contributed by atoms with Crippen LogP contribution in [0.5, 0.6) is 23.3 Å². The second-order valence-corrected chi connectivity index (χ2v) is 7.07. The zero-order chi connectivity index (χ0) is 22.2. The van der Waals surface area contributed by atoms with E-state index in [9.17, 15) is 0 Å². The molecule has 1 aromatic heterocycles. The molecule has 4 rings (SSSR count). The molecule has 0 bridgehead atoms. The number of nitrogens with one attached hydrogen (secondary N) is 1. The third kappa shape index (κ3) is 6.21.